The second-order valence-electron chi connectivity index (χ2n) is 7.32. The number of hydrogen-bond donors (Lipinski definition) is 0. The number of benzene rings is 3. The van der Waals surface area contributed by atoms with Crippen molar-refractivity contribution in [1.82, 2.24) is 9.97 Å². The summed E-state index contributed by atoms with van der Waals surface area (Å²) in [6, 6.07) is 23.1. The monoisotopic (exact) mass is 462 g/mol. The average Bonchev–Trinajstić information content (AvgIpc) is 2.79. The molecule has 2 heterocycles. The number of halogens is 2. The maximum absolute atomic E-state index is 14.2. The van der Waals surface area contributed by atoms with Gasteiger partial charge in [-0.1, -0.05) is 52.3 Å². The number of hydrogen-bond acceptors (Lipinski definition) is 4. The summed E-state index contributed by atoms with van der Waals surface area (Å²) in [6.45, 7) is 3.03. The van der Waals surface area contributed by atoms with Gasteiger partial charge in [0.25, 0.3) is 0 Å². The van der Waals surface area contributed by atoms with E-state index in [1.54, 1.807) is 6.07 Å². The van der Waals surface area contributed by atoms with Crippen molar-refractivity contribution in [3.63, 3.8) is 0 Å². The first-order valence-electron chi connectivity index (χ1n) is 9.96. The van der Waals surface area contributed by atoms with E-state index in [0.29, 0.717) is 11.5 Å². The molecule has 0 unspecified atom stereocenters. The van der Waals surface area contributed by atoms with Gasteiger partial charge in [-0.15, -0.1) is 0 Å². The Morgan fingerprint density at radius 2 is 1.40 bits per heavy atom. The van der Waals surface area contributed by atoms with E-state index in [4.69, 9.17) is 9.97 Å². The lowest BCUT2D eigenvalue weighted by Crippen LogP contribution is -2.47. The molecule has 0 radical (unpaired) electrons. The van der Waals surface area contributed by atoms with E-state index >= 15 is 0 Å². The first-order chi connectivity index (χ1) is 14.7. The van der Waals surface area contributed by atoms with Gasteiger partial charge in [-0.05, 0) is 36.4 Å². The Morgan fingerprint density at radius 3 is 2.17 bits per heavy atom. The average molecular weight is 463 g/mol. The Hall–Kier alpha value is -2.99. The summed E-state index contributed by atoms with van der Waals surface area (Å²) in [5.74, 6) is 1.48. The number of piperazine rings is 1. The first-order valence-corrected chi connectivity index (χ1v) is 10.8. The number of nitrogens with zero attached hydrogens (tertiary/aromatic N) is 4. The Balaban J connectivity index is 1.48. The van der Waals surface area contributed by atoms with E-state index in [-0.39, 0.29) is 5.82 Å². The van der Waals surface area contributed by atoms with E-state index < -0.39 is 0 Å². The number of fused-ring (bicyclic) bond motifs is 1. The summed E-state index contributed by atoms with van der Waals surface area (Å²) < 4.78 is 15.2. The molecule has 0 N–H and O–H groups in total. The third-order valence-corrected chi connectivity index (χ3v) is 5.99. The number of para-hydroxylation sites is 2. The van der Waals surface area contributed by atoms with Gasteiger partial charge in [0, 0.05) is 41.6 Å². The van der Waals surface area contributed by atoms with Gasteiger partial charge in [0.2, 0.25) is 0 Å². The molecule has 6 heteroatoms. The zero-order valence-corrected chi connectivity index (χ0v) is 17.9. The molecule has 150 valence electrons. The van der Waals surface area contributed by atoms with Gasteiger partial charge < -0.3 is 9.80 Å². The van der Waals surface area contributed by atoms with Crippen LogP contribution in [0, 0.1) is 5.82 Å². The Bertz CT molecular complexity index is 1190. The van der Waals surface area contributed by atoms with Crippen molar-refractivity contribution in [2.45, 2.75) is 0 Å². The molecule has 0 spiro atoms. The van der Waals surface area contributed by atoms with Gasteiger partial charge in [0.05, 0.1) is 11.2 Å². The number of anilines is 2. The lowest BCUT2D eigenvalue weighted by atomic mass is 10.1. The van der Waals surface area contributed by atoms with Crippen molar-refractivity contribution in [2.75, 3.05) is 36.0 Å². The van der Waals surface area contributed by atoms with E-state index in [1.807, 2.05) is 54.6 Å². The van der Waals surface area contributed by atoms with Crippen molar-refractivity contribution in [3.8, 4) is 11.4 Å². The van der Waals surface area contributed by atoms with Crippen LogP contribution in [0.5, 0.6) is 0 Å². The molecule has 1 aliphatic rings. The van der Waals surface area contributed by atoms with E-state index in [1.165, 1.54) is 6.07 Å². The molecule has 0 saturated carbocycles. The minimum atomic E-state index is -0.170. The predicted octanol–water partition coefficient (Wildman–Crippen LogP) is 5.53. The summed E-state index contributed by atoms with van der Waals surface area (Å²) in [7, 11) is 0. The molecular formula is C24H20BrFN4. The SMILES string of the molecule is Fc1ccccc1N1CCN(c2nc(-c3ccc(Br)cc3)nc3ccccc23)CC1. The van der Waals surface area contributed by atoms with Gasteiger partial charge >= 0.3 is 0 Å². The van der Waals surface area contributed by atoms with E-state index in [9.17, 15) is 4.39 Å². The molecule has 30 heavy (non-hydrogen) atoms. The summed E-state index contributed by atoms with van der Waals surface area (Å²) in [5, 5.41) is 1.04. The Labute approximate surface area is 183 Å². The molecule has 1 fully saturated rings. The molecule has 0 atom stereocenters. The highest BCUT2D eigenvalue weighted by Crippen LogP contribution is 2.30. The number of rotatable bonds is 3. The second kappa shape index (κ2) is 8.03. The molecule has 4 nitrogen and oxygen atoms in total. The topological polar surface area (TPSA) is 32.3 Å². The zero-order valence-electron chi connectivity index (χ0n) is 16.3. The lowest BCUT2D eigenvalue weighted by Gasteiger charge is -2.37. The largest absolute Gasteiger partial charge is 0.366 e. The smallest absolute Gasteiger partial charge is 0.162 e. The normalized spacial score (nSPS) is 14.3. The van der Waals surface area contributed by atoms with Crippen molar-refractivity contribution >= 4 is 38.3 Å². The molecule has 0 bridgehead atoms. The maximum Gasteiger partial charge on any atom is 0.162 e. The highest BCUT2D eigenvalue weighted by atomic mass is 79.9. The molecule has 1 aliphatic heterocycles. The minimum absolute atomic E-state index is 0.170. The second-order valence-corrected chi connectivity index (χ2v) is 8.24. The summed E-state index contributed by atoms with van der Waals surface area (Å²) in [4.78, 5) is 14.1. The van der Waals surface area contributed by atoms with Gasteiger partial charge in [-0.2, -0.15) is 0 Å². The van der Waals surface area contributed by atoms with Crippen LogP contribution in [-0.4, -0.2) is 36.1 Å². The molecule has 0 aliphatic carbocycles. The third-order valence-electron chi connectivity index (χ3n) is 5.46. The van der Waals surface area contributed by atoms with Crippen molar-refractivity contribution in [2.24, 2.45) is 0 Å². The minimum Gasteiger partial charge on any atom is -0.366 e. The maximum atomic E-state index is 14.2. The predicted molar refractivity (Wildman–Crippen MR) is 124 cm³/mol. The molecule has 0 amide bonds. The van der Waals surface area contributed by atoms with Crippen molar-refractivity contribution < 1.29 is 4.39 Å². The Kier molecular flexibility index (Phi) is 5.09. The number of aromatic nitrogens is 2. The van der Waals surface area contributed by atoms with Crippen LogP contribution in [0.25, 0.3) is 22.3 Å². The molecular weight excluding hydrogens is 443 g/mol. The van der Waals surface area contributed by atoms with Crippen LogP contribution in [0.4, 0.5) is 15.9 Å². The van der Waals surface area contributed by atoms with Crippen LogP contribution in [0.3, 0.4) is 0 Å². The summed E-state index contributed by atoms with van der Waals surface area (Å²) in [6.07, 6.45) is 0. The van der Waals surface area contributed by atoms with E-state index in [2.05, 4.69) is 31.8 Å². The van der Waals surface area contributed by atoms with Crippen molar-refractivity contribution in [3.05, 3.63) is 83.1 Å². The quantitative estimate of drug-likeness (QED) is 0.400. The van der Waals surface area contributed by atoms with Crippen LogP contribution < -0.4 is 9.80 Å². The fourth-order valence-corrected chi connectivity index (χ4v) is 4.16. The first kappa shape index (κ1) is 19.0. The van der Waals surface area contributed by atoms with Crippen LogP contribution in [0.15, 0.2) is 77.3 Å². The molecule has 3 aromatic carbocycles. The molecule has 1 saturated heterocycles. The van der Waals surface area contributed by atoms with Crippen LogP contribution in [0.2, 0.25) is 0 Å². The molecule has 4 aromatic rings. The van der Waals surface area contributed by atoms with Gasteiger partial charge in [0.1, 0.15) is 11.6 Å². The van der Waals surface area contributed by atoms with Gasteiger partial charge in [-0.3, -0.25) is 0 Å². The molecule has 5 rings (SSSR count). The highest BCUT2D eigenvalue weighted by molar-refractivity contribution is 9.10. The van der Waals surface area contributed by atoms with Crippen LogP contribution >= 0.6 is 15.9 Å². The highest BCUT2D eigenvalue weighted by Gasteiger charge is 2.22. The third kappa shape index (κ3) is 3.63. The fourth-order valence-electron chi connectivity index (χ4n) is 3.90. The summed E-state index contributed by atoms with van der Waals surface area (Å²) >= 11 is 3.48. The summed E-state index contributed by atoms with van der Waals surface area (Å²) in [5.41, 5.74) is 2.58. The van der Waals surface area contributed by atoms with Gasteiger partial charge in [0.15, 0.2) is 5.82 Å². The fraction of sp³-hybridized carbons (Fsp3) is 0.167. The van der Waals surface area contributed by atoms with Crippen LogP contribution in [-0.2, 0) is 0 Å². The lowest BCUT2D eigenvalue weighted by molar-refractivity contribution is 0.597. The van der Waals surface area contributed by atoms with Crippen LogP contribution in [0.1, 0.15) is 0 Å². The standard InChI is InChI=1S/C24H20BrFN4/c25-18-11-9-17(10-12-18)23-27-21-7-3-1-5-19(21)24(28-23)30-15-13-29(14-16-30)22-8-4-2-6-20(22)26/h1-12H,13-16H2. The zero-order chi connectivity index (χ0) is 20.5. The van der Waals surface area contributed by atoms with Gasteiger partial charge in [-0.25, -0.2) is 14.4 Å². The van der Waals surface area contributed by atoms with E-state index in [0.717, 1.165) is 52.9 Å². The van der Waals surface area contributed by atoms with Crippen molar-refractivity contribution in [1.29, 1.82) is 0 Å². The Morgan fingerprint density at radius 1 is 0.733 bits per heavy atom. The molecule has 1 aromatic heterocycles.